The highest BCUT2D eigenvalue weighted by atomic mass is 16.5. The van der Waals surface area contributed by atoms with Gasteiger partial charge in [-0.2, -0.15) is 0 Å². The summed E-state index contributed by atoms with van der Waals surface area (Å²) < 4.78 is 5.16. The standard InChI is InChI=1S/C20H15N3O4/c1-27-18-4-2-3-14(21-18)11-6-8-17(24)13(9-11)19-22-15-7-5-12(20(25)26)10-16(15)23-19/h2-10,24H,1H3,(H,22,23)(H,25,26). The zero-order chi connectivity index (χ0) is 19.0. The number of benzene rings is 2. The number of H-pyrrole nitrogens is 1. The molecular weight excluding hydrogens is 346 g/mol. The number of aromatic carboxylic acids is 1. The molecule has 0 unspecified atom stereocenters. The molecule has 0 fully saturated rings. The maximum atomic E-state index is 11.1. The summed E-state index contributed by atoms with van der Waals surface area (Å²) in [6.07, 6.45) is 0. The smallest absolute Gasteiger partial charge is 0.335 e. The fourth-order valence-corrected chi connectivity index (χ4v) is 2.84. The van der Waals surface area contributed by atoms with Gasteiger partial charge in [0.15, 0.2) is 0 Å². The van der Waals surface area contributed by atoms with Gasteiger partial charge in [-0.05, 0) is 42.5 Å². The zero-order valence-electron chi connectivity index (χ0n) is 14.3. The second kappa shape index (κ2) is 6.45. The molecule has 134 valence electrons. The van der Waals surface area contributed by atoms with Crippen molar-refractivity contribution < 1.29 is 19.7 Å². The number of carbonyl (C=O) groups is 1. The van der Waals surface area contributed by atoms with E-state index in [1.807, 2.05) is 12.1 Å². The number of carboxylic acid groups (broad SMARTS) is 1. The molecule has 0 amide bonds. The van der Waals surface area contributed by atoms with E-state index in [-0.39, 0.29) is 11.3 Å². The second-order valence-corrected chi connectivity index (χ2v) is 5.92. The van der Waals surface area contributed by atoms with Crippen LogP contribution in [0.15, 0.2) is 54.6 Å². The highest BCUT2D eigenvalue weighted by Crippen LogP contribution is 2.33. The largest absolute Gasteiger partial charge is 0.507 e. The molecule has 27 heavy (non-hydrogen) atoms. The van der Waals surface area contributed by atoms with E-state index in [1.54, 1.807) is 37.4 Å². The van der Waals surface area contributed by atoms with Crippen molar-refractivity contribution in [1.29, 1.82) is 0 Å². The number of nitrogens with zero attached hydrogens (tertiary/aromatic N) is 2. The molecule has 0 aliphatic carbocycles. The van der Waals surface area contributed by atoms with Crippen LogP contribution in [0.3, 0.4) is 0 Å². The van der Waals surface area contributed by atoms with Crippen LogP contribution in [0.2, 0.25) is 0 Å². The van der Waals surface area contributed by atoms with E-state index in [1.165, 1.54) is 12.1 Å². The molecule has 0 atom stereocenters. The highest BCUT2D eigenvalue weighted by molar-refractivity contribution is 5.93. The number of hydrogen-bond acceptors (Lipinski definition) is 5. The van der Waals surface area contributed by atoms with Crippen LogP contribution in [-0.4, -0.2) is 38.2 Å². The van der Waals surface area contributed by atoms with E-state index in [2.05, 4.69) is 15.0 Å². The van der Waals surface area contributed by atoms with E-state index in [0.29, 0.717) is 34.0 Å². The summed E-state index contributed by atoms with van der Waals surface area (Å²) in [5, 5.41) is 19.4. The zero-order valence-corrected chi connectivity index (χ0v) is 14.3. The summed E-state index contributed by atoms with van der Waals surface area (Å²) in [5.74, 6) is -0.0250. The first-order valence-electron chi connectivity index (χ1n) is 8.13. The number of imidazole rings is 1. The second-order valence-electron chi connectivity index (χ2n) is 5.92. The topological polar surface area (TPSA) is 108 Å². The maximum absolute atomic E-state index is 11.1. The third-order valence-electron chi connectivity index (χ3n) is 4.21. The molecule has 2 aromatic carbocycles. The number of aromatic nitrogens is 3. The van der Waals surface area contributed by atoms with Crippen molar-refractivity contribution in [3.63, 3.8) is 0 Å². The van der Waals surface area contributed by atoms with Crippen molar-refractivity contribution in [2.24, 2.45) is 0 Å². The van der Waals surface area contributed by atoms with Gasteiger partial charge in [-0.25, -0.2) is 14.8 Å². The third-order valence-corrected chi connectivity index (χ3v) is 4.21. The number of rotatable bonds is 4. The number of hydrogen-bond donors (Lipinski definition) is 3. The summed E-state index contributed by atoms with van der Waals surface area (Å²) in [5.41, 5.74) is 3.32. The summed E-state index contributed by atoms with van der Waals surface area (Å²) in [7, 11) is 1.55. The number of phenols is 1. The van der Waals surface area contributed by atoms with E-state index < -0.39 is 5.97 Å². The normalized spacial score (nSPS) is 10.9. The number of ether oxygens (including phenoxy) is 1. The molecule has 0 saturated heterocycles. The minimum atomic E-state index is -1.01. The van der Waals surface area contributed by atoms with Gasteiger partial charge >= 0.3 is 5.97 Å². The lowest BCUT2D eigenvalue weighted by atomic mass is 10.1. The quantitative estimate of drug-likeness (QED) is 0.511. The number of fused-ring (bicyclic) bond motifs is 1. The lowest BCUT2D eigenvalue weighted by Crippen LogP contribution is -1.94. The molecule has 4 aromatic rings. The predicted molar refractivity (Wildman–Crippen MR) is 99.9 cm³/mol. The van der Waals surface area contributed by atoms with Gasteiger partial charge in [-0.15, -0.1) is 0 Å². The van der Waals surface area contributed by atoms with Crippen LogP contribution in [0.25, 0.3) is 33.7 Å². The van der Waals surface area contributed by atoms with Crippen LogP contribution in [-0.2, 0) is 0 Å². The summed E-state index contributed by atoms with van der Waals surface area (Å²) in [4.78, 5) is 23.1. The third kappa shape index (κ3) is 3.06. The van der Waals surface area contributed by atoms with Crippen molar-refractivity contribution >= 4 is 17.0 Å². The Kier molecular flexibility index (Phi) is 3.97. The highest BCUT2D eigenvalue weighted by Gasteiger charge is 2.13. The minimum Gasteiger partial charge on any atom is -0.507 e. The molecule has 0 bridgehead atoms. The van der Waals surface area contributed by atoms with Gasteiger partial charge in [0, 0.05) is 11.6 Å². The Morgan fingerprint density at radius 2 is 1.93 bits per heavy atom. The van der Waals surface area contributed by atoms with Crippen LogP contribution in [0.1, 0.15) is 10.4 Å². The van der Waals surface area contributed by atoms with Crippen LogP contribution in [0, 0.1) is 0 Å². The van der Waals surface area contributed by atoms with Crippen molar-refractivity contribution in [3.8, 4) is 34.3 Å². The number of pyridine rings is 1. The van der Waals surface area contributed by atoms with Gasteiger partial charge in [0.1, 0.15) is 11.6 Å². The van der Waals surface area contributed by atoms with Crippen molar-refractivity contribution in [2.75, 3.05) is 7.11 Å². The Labute approximate surface area is 153 Å². The number of nitrogens with one attached hydrogen (secondary N) is 1. The molecule has 2 heterocycles. The molecular formula is C20H15N3O4. The Bertz CT molecular complexity index is 1170. The summed E-state index contributed by atoms with van der Waals surface area (Å²) in [6.45, 7) is 0. The molecule has 4 rings (SSSR count). The average molecular weight is 361 g/mol. The van der Waals surface area contributed by atoms with Crippen LogP contribution >= 0.6 is 0 Å². The van der Waals surface area contributed by atoms with Crippen LogP contribution in [0.5, 0.6) is 11.6 Å². The molecule has 0 aliphatic rings. The summed E-state index contributed by atoms with van der Waals surface area (Å²) >= 11 is 0. The van der Waals surface area contributed by atoms with Crippen molar-refractivity contribution in [1.82, 2.24) is 15.0 Å². The number of phenolic OH excluding ortho intramolecular Hbond substituents is 1. The molecule has 2 aromatic heterocycles. The van der Waals surface area contributed by atoms with Gasteiger partial charge < -0.3 is 19.9 Å². The number of carboxylic acids is 1. The van der Waals surface area contributed by atoms with Crippen molar-refractivity contribution in [2.45, 2.75) is 0 Å². The first-order chi connectivity index (χ1) is 13.0. The first kappa shape index (κ1) is 16.6. The van der Waals surface area contributed by atoms with Gasteiger partial charge in [0.25, 0.3) is 0 Å². The molecule has 0 radical (unpaired) electrons. The first-order valence-corrected chi connectivity index (χ1v) is 8.13. The maximum Gasteiger partial charge on any atom is 0.335 e. The Morgan fingerprint density at radius 3 is 2.70 bits per heavy atom. The van der Waals surface area contributed by atoms with Gasteiger partial charge in [-0.3, -0.25) is 0 Å². The Balaban J connectivity index is 1.81. The minimum absolute atomic E-state index is 0.0548. The summed E-state index contributed by atoms with van der Waals surface area (Å²) in [6, 6.07) is 15.2. The monoisotopic (exact) mass is 361 g/mol. The molecule has 7 nitrogen and oxygen atoms in total. The fourth-order valence-electron chi connectivity index (χ4n) is 2.84. The number of methoxy groups -OCH3 is 1. The van der Waals surface area contributed by atoms with Crippen LogP contribution < -0.4 is 4.74 Å². The predicted octanol–water partition coefficient (Wildman–Crippen LogP) is 3.70. The SMILES string of the molecule is COc1cccc(-c2ccc(O)c(-c3nc4ccc(C(=O)O)cc4[nH]3)c2)n1. The lowest BCUT2D eigenvalue weighted by molar-refractivity contribution is 0.0697. The Hall–Kier alpha value is -3.87. The molecule has 3 N–H and O–H groups in total. The van der Waals surface area contributed by atoms with E-state index in [9.17, 15) is 9.90 Å². The molecule has 0 saturated carbocycles. The lowest BCUT2D eigenvalue weighted by Gasteiger charge is -2.07. The fraction of sp³-hybridized carbons (Fsp3) is 0.0500. The average Bonchev–Trinajstić information content (AvgIpc) is 3.11. The van der Waals surface area contributed by atoms with E-state index in [0.717, 1.165) is 5.56 Å². The van der Waals surface area contributed by atoms with Gasteiger partial charge in [0.2, 0.25) is 5.88 Å². The number of aromatic amines is 1. The molecule has 0 spiro atoms. The van der Waals surface area contributed by atoms with E-state index >= 15 is 0 Å². The Morgan fingerprint density at radius 1 is 1.07 bits per heavy atom. The van der Waals surface area contributed by atoms with Crippen LogP contribution in [0.4, 0.5) is 0 Å². The van der Waals surface area contributed by atoms with Crippen molar-refractivity contribution in [3.05, 3.63) is 60.2 Å². The molecule has 0 aliphatic heterocycles. The molecule has 7 heteroatoms. The van der Waals surface area contributed by atoms with E-state index in [4.69, 9.17) is 9.84 Å². The number of aromatic hydroxyl groups is 1. The van der Waals surface area contributed by atoms with Gasteiger partial charge in [-0.1, -0.05) is 6.07 Å². The van der Waals surface area contributed by atoms with Gasteiger partial charge in [0.05, 0.1) is 35.0 Å².